The molecule has 3 fully saturated rings. The van der Waals surface area contributed by atoms with Crippen molar-refractivity contribution in [2.45, 2.75) is 43.1 Å². The van der Waals surface area contributed by atoms with Gasteiger partial charge >= 0.3 is 0 Å². The molecule has 0 amide bonds. The van der Waals surface area contributed by atoms with Crippen LogP contribution in [0.2, 0.25) is 0 Å². The summed E-state index contributed by atoms with van der Waals surface area (Å²) in [6.07, 6.45) is 5.69. The summed E-state index contributed by atoms with van der Waals surface area (Å²) in [6, 6.07) is 9.18. The molecular formula is C17H20O. The summed E-state index contributed by atoms with van der Waals surface area (Å²) >= 11 is 0. The molecule has 0 aliphatic heterocycles. The van der Waals surface area contributed by atoms with Crippen LogP contribution in [0.1, 0.15) is 48.6 Å². The molecule has 4 bridgehead atoms. The van der Waals surface area contributed by atoms with E-state index in [1.54, 1.807) is 11.1 Å². The van der Waals surface area contributed by atoms with E-state index in [9.17, 15) is 0 Å². The first kappa shape index (κ1) is 10.0. The van der Waals surface area contributed by atoms with Gasteiger partial charge in [-0.3, -0.25) is 0 Å². The fourth-order valence-electron chi connectivity index (χ4n) is 6.44. The van der Waals surface area contributed by atoms with Crippen molar-refractivity contribution >= 4 is 0 Å². The Balaban J connectivity index is 1.75. The van der Waals surface area contributed by atoms with E-state index in [0.29, 0.717) is 5.92 Å². The zero-order chi connectivity index (χ0) is 11.9. The highest BCUT2D eigenvalue weighted by Gasteiger charge is 2.70. The second kappa shape index (κ2) is 3.01. The molecule has 0 unspecified atom stereocenters. The van der Waals surface area contributed by atoms with Gasteiger partial charge in [-0.15, -0.1) is 0 Å². The molecule has 1 nitrogen and oxygen atoms in total. The molecule has 6 atom stereocenters. The third-order valence-corrected chi connectivity index (χ3v) is 6.73. The van der Waals surface area contributed by atoms with Gasteiger partial charge in [0.15, 0.2) is 0 Å². The van der Waals surface area contributed by atoms with Gasteiger partial charge < -0.3 is 4.74 Å². The van der Waals surface area contributed by atoms with Crippen LogP contribution in [-0.4, -0.2) is 12.7 Å². The SMILES string of the molecule is CO[C@@]12[C@@H]3CC[C@@H](C3)[C@@H]1[C@@H]1C[C@@H]2c2ccccc21. The molecule has 0 spiro atoms. The van der Waals surface area contributed by atoms with E-state index in [2.05, 4.69) is 24.3 Å². The number of hydrogen-bond donors (Lipinski definition) is 0. The van der Waals surface area contributed by atoms with Crippen LogP contribution in [0.5, 0.6) is 0 Å². The summed E-state index contributed by atoms with van der Waals surface area (Å²) in [6.45, 7) is 0. The van der Waals surface area contributed by atoms with E-state index < -0.39 is 0 Å². The Labute approximate surface area is 109 Å². The van der Waals surface area contributed by atoms with Crippen LogP contribution >= 0.6 is 0 Å². The Morgan fingerprint density at radius 2 is 1.94 bits per heavy atom. The van der Waals surface area contributed by atoms with E-state index >= 15 is 0 Å². The summed E-state index contributed by atoms with van der Waals surface area (Å²) in [7, 11) is 1.98. The Hall–Kier alpha value is -0.820. The Morgan fingerprint density at radius 3 is 2.78 bits per heavy atom. The molecule has 0 saturated heterocycles. The van der Waals surface area contributed by atoms with Gasteiger partial charge in [-0.05, 0) is 60.5 Å². The number of fused-ring (bicyclic) bond motifs is 12. The molecule has 1 heteroatoms. The van der Waals surface area contributed by atoms with Crippen LogP contribution in [0.25, 0.3) is 0 Å². The maximum atomic E-state index is 6.25. The van der Waals surface area contributed by atoms with Crippen molar-refractivity contribution < 1.29 is 4.74 Å². The topological polar surface area (TPSA) is 9.23 Å². The number of benzene rings is 1. The molecule has 3 saturated carbocycles. The summed E-state index contributed by atoms with van der Waals surface area (Å²) in [4.78, 5) is 0. The Morgan fingerprint density at radius 1 is 1.11 bits per heavy atom. The summed E-state index contributed by atoms with van der Waals surface area (Å²) in [5.41, 5.74) is 3.50. The monoisotopic (exact) mass is 240 g/mol. The number of hydrogen-bond acceptors (Lipinski definition) is 1. The molecule has 1 aromatic carbocycles. The van der Waals surface area contributed by atoms with Gasteiger partial charge in [0.1, 0.15) is 0 Å². The zero-order valence-electron chi connectivity index (χ0n) is 10.9. The minimum absolute atomic E-state index is 0.224. The zero-order valence-corrected chi connectivity index (χ0v) is 10.9. The lowest BCUT2D eigenvalue weighted by atomic mass is 9.65. The largest absolute Gasteiger partial charge is 0.377 e. The van der Waals surface area contributed by atoms with Gasteiger partial charge in [0, 0.05) is 13.0 Å². The summed E-state index contributed by atoms with van der Waals surface area (Å²) < 4.78 is 6.25. The molecule has 4 aliphatic rings. The highest BCUT2D eigenvalue weighted by atomic mass is 16.5. The second-order valence-electron chi connectivity index (χ2n) is 6.88. The smallest absolute Gasteiger partial charge is 0.0811 e. The molecule has 0 heterocycles. The van der Waals surface area contributed by atoms with Gasteiger partial charge in [0.2, 0.25) is 0 Å². The number of methoxy groups -OCH3 is 1. The first-order valence-corrected chi connectivity index (χ1v) is 7.50. The first-order valence-electron chi connectivity index (χ1n) is 7.50. The number of rotatable bonds is 1. The predicted molar refractivity (Wildman–Crippen MR) is 70.6 cm³/mol. The molecule has 0 aromatic heterocycles. The highest BCUT2D eigenvalue weighted by molar-refractivity contribution is 5.48. The summed E-state index contributed by atoms with van der Waals surface area (Å²) in [5, 5.41) is 0. The minimum atomic E-state index is 0.224. The first-order chi connectivity index (χ1) is 8.86. The third kappa shape index (κ3) is 0.843. The maximum Gasteiger partial charge on any atom is 0.0811 e. The Bertz CT molecular complexity index is 522. The van der Waals surface area contributed by atoms with Crippen LogP contribution in [0.4, 0.5) is 0 Å². The standard InChI is InChI=1S/C17H20O/c1-18-17-11-7-6-10(8-11)16(17)14-9-15(17)13-5-3-2-4-12(13)14/h2-5,10-11,14-16H,6-9H2,1H3/t10-,11+,14+,15+,16+,17+/m0/s1. The number of ether oxygens (including phenoxy) is 1. The lowest BCUT2D eigenvalue weighted by molar-refractivity contribution is -0.0949. The quantitative estimate of drug-likeness (QED) is 0.680. The van der Waals surface area contributed by atoms with E-state index in [4.69, 9.17) is 4.74 Å². The Kier molecular flexibility index (Phi) is 1.68. The van der Waals surface area contributed by atoms with Crippen molar-refractivity contribution in [2.24, 2.45) is 17.8 Å². The second-order valence-corrected chi connectivity index (χ2v) is 6.88. The molecule has 4 aliphatic carbocycles. The van der Waals surface area contributed by atoms with Crippen LogP contribution in [0, 0.1) is 17.8 Å². The van der Waals surface area contributed by atoms with Crippen molar-refractivity contribution in [3.63, 3.8) is 0 Å². The molecule has 0 N–H and O–H groups in total. The van der Waals surface area contributed by atoms with E-state index in [1.165, 1.54) is 25.7 Å². The van der Waals surface area contributed by atoms with E-state index in [0.717, 1.165) is 23.7 Å². The van der Waals surface area contributed by atoms with Gasteiger partial charge in [0.05, 0.1) is 5.60 Å². The van der Waals surface area contributed by atoms with Gasteiger partial charge in [0.25, 0.3) is 0 Å². The van der Waals surface area contributed by atoms with Crippen LogP contribution in [-0.2, 0) is 4.74 Å². The third-order valence-electron chi connectivity index (χ3n) is 6.73. The van der Waals surface area contributed by atoms with Crippen LogP contribution in [0.3, 0.4) is 0 Å². The molecular weight excluding hydrogens is 220 g/mol. The van der Waals surface area contributed by atoms with Crippen molar-refractivity contribution in [2.75, 3.05) is 7.11 Å². The minimum Gasteiger partial charge on any atom is -0.377 e. The predicted octanol–water partition coefficient (Wildman–Crippen LogP) is 3.70. The highest BCUT2D eigenvalue weighted by Crippen LogP contribution is 2.74. The molecule has 1 aromatic rings. The van der Waals surface area contributed by atoms with E-state index in [-0.39, 0.29) is 5.60 Å². The lowest BCUT2D eigenvalue weighted by Crippen LogP contribution is -2.48. The lowest BCUT2D eigenvalue weighted by Gasteiger charge is -2.46. The molecule has 18 heavy (non-hydrogen) atoms. The molecule has 5 rings (SSSR count). The molecule has 94 valence electrons. The van der Waals surface area contributed by atoms with Gasteiger partial charge in [-0.2, -0.15) is 0 Å². The van der Waals surface area contributed by atoms with Crippen LogP contribution in [0.15, 0.2) is 24.3 Å². The normalized spacial score (nSPS) is 50.6. The fourth-order valence-corrected chi connectivity index (χ4v) is 6.44. The fraction of sp³-hybridized carbons (Fsp3) is 0.647. The average Bonchev–Trinajstić information content (AvgIpc) is 3.15. The van der Waals surface area contributed by atoms with E-state index in [1.807, 2.05) is 7.11 Å². The van der Waals surface area contributed by atoms with Gasteiger partial charge in [-0.1, -0.05) is 24.3 Å². The van der Waals surface area contributed by atoms with Crippen molar-refractivity contribution in [3.05, 3.63) is 35.4 Å². The molecule has 0 radical (unpaired) electrons. The van der Waals surface area contributed by atoms with Crippen molar-refractivity contribution in [1.82, 2.24) is 0 Å². The van der Waals surface area contributed by atoms with Crippen molar-refractivity contribution in [3.8, 4) is 0 Å². The average molecular weight is 240 g/mol. The van der Waals surface area contributed by atoms with Gasteiger partial charge in [-0.25, -0.2) is 0 Å². The maximum absolute atomic E-state index is 6.25. The summed E-state index contributed by atoms with van der Waals surface area (Å²) in [5.74, 6) is 4.14. The van der Waals surface area contributed by atoms with Crippen LogP contribution < -0.4 is 0 Å². The van der Waals surface area contributed by atoms with Crippen molar-refractivity contribution in [1.29, 1.82) is 0 Å².